The first-order chi connectivity index (χ1) is 15.6. The van der Waals surface area contributed by atoms with Crippen molar-refractivity contribution in [3.63, 3.8) is 0 Å². The third-order valence-corrected chi connectivity index (χ3v) is 5.86. The summed E-state index contributed by atoms with van der Waals surface area (Å²) >= 11 is 0. The number of amides is 1. The second-order valence-electron chi connectivity index (χ2n) is 7.94. The highest BCUT2D eigenvalue weighted by atomic mass is 16.4. The second-order valence-corrected chi connectivity index (χ2v) is 7.94. The lowest BCUT2D eigenvalue weighted by Gasteiger charge is -2.17. The van der Waals surface area contributed by atoms with Gasteiger partial charge >= 0.3 is 5.97 Å². The first kappa shape index (κ1) is 19.8. The van der Waals surface area contributed by atoms with Crippen LogP contribution in [0.4, 0.5) is 0 Å². The molecule has 0 aliphatic carbocycles. The molecule has 0 saturated heterocycles. The zero-order valence-electron chi connectivity index (χ0n) is 17.3. The van der Waals surface area contributed by atoms with E-state index in [9.17, 15) is 14.7 Å². The lowest BCUT2D eigenvalue weighted by Crippen LogP contribution is -2.42. The van der Waals surface area contributed by atoms with Gasteiger partial charge < -0.3 is 10.4 Å². The highest BCUT2D eigenvalue weighted by Gasteiger charge is 2.23. The molecule has 1 atom stereocenters. The van der Waals surface area contributed by atoms with Crippen LogP contribution in [-0.4, -0.2) is 23.0 Å². The zero-order valence-corrected chi connectivity index (χ0v) is 17.3. The van der Waals surface area contributed by atoms with Crippen LogP contribution in [0.1, 0.15) is 15.9 Å². The Bertz CT molecular complexity index is 1430. The van der Waals surface area contributed by atoms with E-state index in [1.54, 1.807) is 0 Å². The molecule has 0 aliphatic rings. The number of carboxylic acids is 1. The minimum atomic E-state index is -1.06. The van der Waals surface area contributed by atoms with Crippen molar-refractivity contribution in [1.82, 2.24) is 5.32 Å². The fourth-order valence-corrected chi connectivity index (χ4v) is 4.29. The van der Waals surface area contributed by atoms with Gasteiger partial charge in [0, 0.05) is 6.42 Å². The molecule has 4 nitrogen and oxygen atoms in total. The normalized spacial score (nSPS) is 12.1. The summed E-state index contributed by atoms with van der Waals surface area (Å²) < 4.78 is 0. The summed E-state index contributed by atoms with van der Waals surface area (Å²) in [6.45, 7) is 0. The van der Waals surface area contributed by atoms with Crippen molar-refractivity contribution in [1.29, 1.82) is 0 Å². The molecule has 0 aromatic heterocycles. The molecule has 0 radical (unpaired) electrons. The summed E-state index contributed by atoms with van der Waals surface area (Å²) in [6, 6.07) is 30.2. The summed E-state index contributed by atoms with van der Waals surface area (Å²) in [5.74, 6) is -1.44. The standard InChI is InChI=1S/C28H21NO3/c30-27(26-23-11-5-3-9-21(23)17-22-10-4-6-12-24(22)26)29-25(28(31)32)16-18-13-14-19-7-1-2-8-20(19)15-18/h1-15,17,25H,16H2,(H,29,30)(H,31,32)/t25-/m0/s1. The molecule has 5 rings (SSSR count). The van der Waals surface area contributed by atoms with Gasteiger partial charge in [0.05, 0.1) is 5.56 Å². The van der Waals surface area contributed by atoms with E-state index in [4.69, 9.17) is 0 Å². The van der Waals surface area contributed by atoms with Crippen molar-refractivity contribution in [3.05, 3.63) is 108 Å². The number of fused-ring (bicyclic) bond motifs is 3. The molecule has 1 amide bonds. The predicted octanol–water partition coefficient (Wildman–Crippen LogP) is 5.57. The largest absolute Gasteiger partial charge is 0.480 e. The number of carboxylic acid groups (broad SMARTS) is 1. The minimum absolute atomic E-state index is 0.203. The van der Waals surface area contributed by atoms with E-state index in [0.29, 0.717) is 5.56 Å². The smallest absolute Gasteiger partial charge is 0.326 e. The van der Waals surface area contributed by atoms with Gasteiger partial charge in [0.1, 0.15) is 6.04 Å². The van der Waals surface area contributed by atoms with Gasteiger partial charge in [-0.05, 0) is 43.9 Å². The molecule has 5 aromatic rings. The van der Waals surface area contributed by atoms with Gasteiger partial charge in [-0.25, -0.2) is 4.79 Å². The molecule has 32 heavy (non-hydrogen) atoms. The number of carbonyl (C=O) groups is 2. The monoisotopic (exact) mass is 419 g/mol. The SMILES string of the molecule is O=C(N[C@@H](Cc1ccc2ccccc2c1)C(=O)O)c1c2ccccc2cc2ccccc12. The van der Waals surface area contributed by atoms with Crippen LogP contribution >= 0.6 is 0 Å². The van der Waals surface area contributed by atoms with E-state index >= 15 is 0 Å². The van der Waals surface area contributed by atoms with Crippen LogP contribution in [0.15, 0.2) is 97.1 Å². The first-order valence-corrected chi connectivity index (χ1v) is 10.5. The minimum Gasteiger partial charge on any atom is -0.480 e. The maximum absolute atomic E-state index is 13.4. The molecule has 156 valence electrons. The molecule has 0 unspecified atom stereocenters. The molecule has 5 aromatic carbocycles. The summed E-state index contributed by atoms with van der Waals surface area (Å²) in [4.78, 5) is 25.5. The van der Waals surface area contributed by atoms with Crippen molar-refractivity contribution in [2.24, 2.45) is 0 Å². The Hall–Kier alpha value is -4.18. The van der Waals surface area contributed by atoms with Crippen molar-refractivity contribution in [2.75, 3.05) is 0 Å². The summed E-state index contributed by atoms with van der Waals surface area (Å²) in [5, 5.41) is 18.3. The van der Waals surface area contributed by atoms with Crippen molar-refractivity contribution >= 4 is 44.2 Å². The number of aliphatic carboxylic acids is 1. The molecule has 2 N–H and O–H groups in total. The molecule has 0 spiro atoms. The molecule has 4 heteroatoms. The molecule has 0 saturated carbocycles. The molecule has 0 bridgehead atoms. The topological polar surface area (TPSA) is 66.4 Å². The van der Waals surface area contributed by atoms with Gasteiger partial charge in [0.25, 0.3) is 5.91 Å². The highest BCUT2D eigenvalue weighted by molar-refractivity contribution is 6.18. The van der Waals surface area contributed by atoms with Crippen molar-refractivity contribution in [3.8, 4) is 0 Å². The van der Waals surface area contributed by atoms with Gasteiger partial charge in [0.2, 0.25) is 0 Å². The van der Waals surface area contributed by atoms with Gasteiger partial charge in [-0.1, -0.05) is 91.0 Å². The Balaban J connectivity index is 1.51. The number of rotatable bonds is 5. The Kier molecular flexibility index (Phi) is 5.04. The maximum Gasteiger partial charge on any atom is 0.326 e. The number of benzene rings is 5. The predicted molar refractivity (Wildman–Crippen MR) is 128 cm³/mol. The Morgan fingerprint density at radius 2 is 1.25 bits per heavy atom. The lowest BCUT2D eigenvalue weighted by atomic mass is 9.95. The van der Waals surface area contributed by atoms with E-state index in [0.717, 1.165) is 37.9 Å². The van der Waals surface area contributed by atoms with E-state index in [1.165, 1.54) is 0 Å². The quantitative estimate of drug-likeness (QED) is 0.366. The van der Waals surface area contributed by atoms with Crippen LogP contribution in [0.3, 0.4) is 0 Å². The molecule has 0 aliphatic heterocycles. The van der Waals surface area contributed by atoms with Crippen LogP contribution in [0.2, 0.25) is 0 Å². The maximum atomic E-state index is 13.4. The van der Waals surface area contributed by atoms with Gasteiger partial charge in [-0.2, -0.15) is 0 Å². The molecule has 0 fully saturated rings. The van der Waals surface area contributed by atoms with E-state index in [2.05, 4.69) is 5.32 Å². The highest BCUT2D eigenvalue weighted by Crippen LogP contribution is 2.28. The number of hydrogen-bond donors (Lipinski definition) is 2. The third kappa shape index (κ3) is 3.67. The van der Waals surface area contributed by atoms with E-state index in [1.807, 2.05) is 97.1 Å². The number of hydrogen-bond acceptors (Lipinski definition) is 2. The summed E-state index contributed by atoms with van der Waals surface area (Å²) in [5.41, 5.74) is 1.36. The van der Waals surface area contributed by atoms with Crippen molar-refractivity contribution in [2.45, 2.75) is 12.5 Å². The fraction of sp³-hybridized carbons (Fsp3) is 0.0714. The fourth-order valence-electron chi connectivity index (χ4n) is 4.29. The second kappa shape index (κ2) is 8.16. The summed E-state index contributed by atoms with van der Waals surface area (Å²) in [6.07, 6.45) is 0.203. The van der Waals surface area contributed by atoms with Gasteiger partial charge in [-0.3, -0.25) is 4.79 Å². The Morgan fingerprint density at radius 1 is 0.688 bits per heavy atom. The Labute approximate surface area is 185 Å². The third-order valence-electron chi connectivity index (χ3n) is 5.86. The van der Waals surface area contributed by atoms with E-state index in [-0.39, 0.29) is 12.3 Å². The average molecular weight is 419 g/mol. The van der Waals surface area contributed by atoms with Crippen LogP contribution in [0, 0.1) is 0 Å². The van der Waals surface area contributed by atoms with Crippen molar-refractivity contribution < 1.29 is 14.7 Å². The van der Waals surface area contributed by atoms with Crippen LogP contribution < -0.4 is 5.32 Å². The molecule has 0 heterocycles. The van der Waals surface area contributed by atoms with Crippen LogP contribution in [0.5, 0.6) is 0 Å². The zero-order chi connectivity index (χ0) is 22.1. The van der Waals surface area contributed by atoms with Gasteiger partial charge in [0.15, 0.2) is 0 Å². The lowest BCUT2D eigenvalue weighted by molar-refractivity contribution is -0.139. The van der Waals surface area contributed by atoms with Crippen LogP contribution in [0.25, 0.3) is 32.3 Å². The first-order valence-electron chi connectivity index (χ1n) is 10.5. The Morgan fingerprint density at radius 3 is 1.88 bits per heavy atom. The van der Waals surface area contributed by atoms with E-state index < -0.39 is 12.0 Å². The molecular formula is C28H21NO3. The van der Waals surface area contributed by atoms with Gasteiger partial charge in [-0.15, -0.1) is 0 Å². The van der Waals surface area contributed by atoms with Crippen LogP contribution in [-0.2, 0) is 11.2 Å². The number of carbonyl (C=O) groups excluding carboxylic acids is 1. The average Bonchev–Trinajstić information content (AvgIpc) is 2.81. The number of nitrogens with one attached hydrogen (secondary N) is 1. The summed E-state index contributed by atoms with van der Waals surface area (Å²) in [7, 11) is 0. The molecular weight excluding hydrogens is 398 g/mol.